The lowest BCUT2D eigenvalue weighted by molar-refractivity contribution is -0.0276. The molecule has 4 heterocycles. The molecule has 8 nitrogen and oxygen atoms in total. The van der Waals surface area contributed by atoms with Gasteiger partial charge >= 0.3 is 6.03 Å². The van der Waals surface area contributed by atoms with E-state index in [1.54, 1.807) is 4.90 Å². The predicted molar refractivity (Wildman–Crippen MR) is 82.0 cm³/mol. The number of ether oxygens (including phenoxy) is 2. The van der Waals surface area contributed by atoms with Crippen LogP contribution in [0.2, 0.25) is 0 Å². The highest BCUT2D eigenvalue weighted by Gasteiger charge is 2.40. The van der Waals surface area contributed by atoms with E-state index in [0.29, 0.717) is 38.0 Å². The minimum Gasteiger partial charge on any atom is -0.379 e. The fourth-order valence-corrected chi connectivity index (χ4v) is 4.33. The molecule has 0 aliphatic carbocycles. The van der Waals surface area contributed by atoms with Gasteiger partial charge in [-0.1, -0.05) is 11.3 Å². The fraction of sp³-hybridized carbons (Fsp3) is 0.643. The van der Waals surface area contributed by atoms with Gasteiger partial charge in [-0.25, -0.2) is 9.78 Å². The summed E-state index contributed by atoms with van der Waals surface area (Å²) < 4.78 is 10.8. The van der Waals surface area contributed by atoms with Gasteiger partial charge in [-0.05, 0) is 6.42 Å². The second-order valence-electron chi connectivity index (χ2n) is 5.91. The standard InChI is InChI=1S/C14H17N5O3S/c15-7-19-9-3-10-12(11(19)6-22-5-9)23-14(17-10)18-13(20)16-8-1-2-21-4-8/h8-9,11H,1-6H2,(H2,16,17,18,20)/t8-,9+,11+/m1/s1. The molecule has 2 amide bonds. The zero-order valence-electron chi connectivity index (χ0n) is 12.4. The number of nitrogens with zero attached hydrogens (tertiary/aromatic N) is 3. The largest absolute Gasteiger partial charge is 0.379 e. The Morgan fingerprint density at radius 3 is 3.09 bits per heavy atom. The van der Waals surface area contributed by atoms with Crippen LogP contribution in [0, 0.1) is 11.5 Å². The van der Waals surface area contributed by atoms with E-state index in [2.05, 4.69) is 21.8 Å². The average Bonchev–Trinajstić information content (AvgIpc) is 3.16. The van der Waals surface area contributed by atoms with E-state index < -0.39 is 0 Å². The quantitative estimate of drug-likeness (QED) is 0.777. The molecule has 2 N–H and O–H groups in total. The zero-order chi connectivity index (χ0) is 15.8. The summed E-state index contributed by atoms with van der Waals surface area (Å²) in [6.45, 7) is 2.28. The summed E-state index contributed by atoms with van der Waals surface area (Å²) in [6.07, 6.45) is 3.77. The zero-order valence-corrected chi connectivity index (χ0v) is 13.3. The molecule has 4 rings (SSSR count). The van der Waals surface area contributed by atoms with Crippen LogP contribution in [0.1, 0.15) is 23.0 Å². The van der Waals surface area contributed by atoms with Crippen molar-refractivity contribution in [3.05, 3.63) is 10.6 Å². The molecule has 2 bridgehead atoms. The summed E-state index contributed by atoms with van der Waals surface area (Å²) in [4.78, 5) is 19.4. The fourth-order valence-electron chi connectivity index (χ4n) is 3.26. The first kappa shape index (κ1) is 14.7. The molecular formula is C14H17N5O3S. The number of aromatic nitrogens is 1. The predicted octanol–water partition coefficient (Wildman–Crippen LogP) is 0.833. The van der Waals surface area contributed by atoms with Gasteiger partial charge in [-0.2, -0.15) is 5.26 Å². The average molecular weight is 335 g/mol. The van der Waals surface area contributed by atoms with Crippen LogP contribution >= 0.6 is 11.3 Å². The maximum absolute atomic E-state index is 12.0. The Balaban J connectivity index is 1.48. The molecule has 1 aromatic rings. The molecule has 3 atom stereocenters. The van der Waals surface area contributed by atoms with Gasteiger partial charge in [0.15, 0.2) is 11.3 Å². The Bertz CT molecular complexity index is 651. The highest BCUT2D eigenvalue weighted by Crippen LogP contribution is 2.40. The summed E-state index contributed by atoms with van der Waals surface area (Å²) in [7, 11) is 0. The summed E-state index contributed by atoms with van der Waals surface area (Å²) in [6, 6.07) is -0.234. The first-order valence-corrected chi connectivity index (χ1v) is 8.47. The van der Waals surface area contributed by atoms with Gasteiger partial charge in [-0.15, -0.1) is 0 Å². The van der Waals surface area contributed by atoms with E-state index >= 15 is 0 Å². The van der Waals surface area contributed by atoms with Crippen LogP contribution in [0.4, 0.5) is 9.93 Å². The maximum atomic E-state index is 12.0. The second kappa shape index (κ2) is 5.96. The monoisotopic (exact) mass is 335 g/mol. The van der Waals surface area contributed by atoms with Crippen LogP contribution in [0.15, 0.2) is 0 Å². The van der Waals surface area contributed by atoms with Crippen LogP contribution in [-0.4, -0.2) is 54.4 Å². The lowest BCUT2D eigenvalue weighted by Crippen LogP contribution is -2.48. The number of amides is 2. The van der Waals surface area contributed by atoms with Crippen molar-refractivity contribution < 1.29 is 14.3 Å². The van der Waals surface area contributed by atoms with Crippen molar-refractivity contribution in [3.63, 3.8) is 0 Å². The van der Waals surface area contributed by atoms with Crippen LogP contribution < -0.4 is 10.6 Å². The Morgan fingerprint density at radius 1 is 1.39 bits per heavy atom. The highest BCUT2D eigenvalue weighted by molar-refractivity contribution is 7.16. The normalized spacial score (nSPS) is 28.8. The van der Waals surface area contributed by atoms with E-state index in [4.69, 9.17) is 9.47 Å². The number of thiazole rings is 1. The Morgan fingerprint density at radius 2 is 2.30 bits per heavy atom. The molecular weight excluding hydrogens is 318 g/mol. The highest BCUT2D eigenvalue weighted by atomic mass is 32.1. The number of urea groups is 1. The molecule has 2 fully saturated rings. The van der Waals surface area contributed by atoms with Crippen LogP contribution in [-0.2, 0) is 15.9 Å². The number of hydrogen-bond donors (Lipinski definition) is 2. The number of morpholine rings is 1. The Labute approximate surface area is 137 Å². The molecule has 2 saturated heterocycles. The number of nitriles is 1. The molecule has 0 radical (unpaired) electrons. The van der Waals surface area contributed by atoms with Gasteiger partial charge in [0.05, 0.1) is 48.5 Å². The van der Waals surface area contributed by atoms with E-state index in [1.165, 1.54) is 11.3 Å². The van der Waals surface area contributed by atoms with Crippen molar-refractivity contribution in [2.45, 2.75) is 31.0 Å². The number of anilines is 1. The molecule has 23 heavy (non-hydrogen) atoms. The van der Waals surface area contributed by atoms with Gasteiger partial charge in [0.25, 0.3) is 0 Å². The number of rotatable bonds is 2. The van der Waals surface area contributed by atoms with Gasteiger partial charge in [0.1, 0.15) is 0 Å². The molecule has 3 aliphatic heterocycles. The summed E-state index contributed by atoms with van der Waals surface area (Å²) in [5.74, 6) is 0. The molecule has 122 valence electrons. The van der Waals surface area contributed by atoms with Gasteiger partial charge in [0, 0.05) is 13.0 Å². The first-order valence-electron chi connectivity index (χ1n) is 7.65. The number of nitrogens with one attached hydrogen (secondary N) is 2. The number of hydrogen-bond acceptors (Lipinski definition) is 7. The van der Waals surface area contributed by atoms with Crippen molar-refractivity contribution in [3.8, 4) is 6.19 Å². The topological polar surface area (TPSA) is 99.5 Å². The Hall–Kier alpha value is -1.89. The SMILES string of the molecule is N#CN1[C@@H]2COC[C@H]1c1sc(NC(=O)N[C@@H]3CCOC3)nc1C2. The van der Waals surface area contributed by atoms with E-state index in [1.807, 2.05) is 0 Å². The van der Waals surface area contributed by atoms with Crippen molar-refractivity contribution in [1.29, 1.82) is 5.26 Å². The first-order chi connectivity index (χ1) is 11.2. The maximum Gasteiger partial charge on any atom is 0.321 e. The van der Waals surface area contributed by atoms with E-state index in [-0.39, 0.29) is 24.2 Å². The third kappa shape index (κ3) is 2.73. The molecule has 0 saturated carbocycles. The molecule has 3 aliphatic rings. The number of carbonyl (C=O) groups excluding carboxylic acids is 1. The molecule has 0 aromatic carbocycles. The number of fused-ring (bicyclic) bond motifs is 4. The summed E-state index contributed by atoms with van der Waals surface area (Å²) >= 11 is 1.42. The summed E-state index contributed by atoms with van der Waals surface area (Å²) in [5, 5.41) is 15.6. The molecule has 1 aromatic heterocycles. The minimum atomic E-state index is -0.261. The van der Waals surface area contributed by atoms with Crippen LogP contribution in [0.25, 0.3) is 0 Å². The molecule has 0 spiro atoms. The van der Waals surface area contributed by atoms with Crippen LogP contribution in [0.5, 0.6) is 0 Å². The van der Waals surface area contributed by atoms with E-state index in [0.717, 1.165) is 17.0 Å². The van der Waals surface area contributed by atoms with E-state index in [9.17, 15) is 10.1 Å². The van der Waals surface area contributed by atoms with Gasteiger partial charge < -0.3 is 14.8 Å². The van der Waals surface area contributed by atoms with Crippen molar-refractivity contribution >= 4 is 22.5 Å². The minimum absolute atomic E-state index is 0.0469. The van der Waals surface area contributed by atoms with Crippen molar-refractivity contribution in [2.24, 2.45) is 0 Å². The lowest BCUT2D eigenvalue weighted by Gasteiger charge is -2.41. The van der Waals surface area contributed by atoms with Gasteiger partial charge in [-0.3, -0.25) is 10.2 Å². The van der Waals surface area contributed by atoms with Crippen molar-refractivity contribution in [1.82, 2.24) is 15.2 Å². The summed E-state index contributed by atoms with van der Waals surface area (Å²) in [5.41, 5.74) is 0.972. The second-order valence-corrected chi connectivity index (χ2v) is 6.94. The molecule has 0 unspecified atom stereocenters. The van der Waals surface area contributed by atoms with Crippen LogP contribution in [0.3, 0.4) is 0 Å². The molecule has 9 heteroatoms. The van der Waals surface area contributed by atoms with Crippen molar-refractivity contribution in [2.75, 3.05) is 31.7 Å². The van der Waals surface area contributed by atoms with Gasteiger partial charge in [0.2, 0.25) is 0 Å². The lowest BCUT2D eigenvalue weighted by atomic mass is 9.97. The third-order valence-electron chi connectivity index (χ3n) is 4.38. The smallest absolute Gasteiger partial charge is 0.321 e. The Kier molecular flexibility index (Phi) is 3.80. The number of carbonyl (C=O) groups is 1. The third-order valence-corrected chi connectivity index (χ3v) is 5.49.